The molecular weight excluding hydrogens is 314 g/mol. The second-order valence-electron chi connectivity index (χ2n) is 6.10. The zero-order chi connectivity index (χ0) is 16.8. The Hall–Kier alpha value is -1.47. The molecule has 2 heterocycles. The van der Waals surface area contributed by atoms with Crippen molar-refractivity contribution in [1.29, 1.82) is 0 Å². The van der Waals surface area contributed by atoms with Gasteiger partial charge in [0.25, 0.3) is 0 Å². The van der Waals surface area contributed by atoms with Gasteiger partial charge in [-0.3, -0.25) is 14.5 Å². The average molecular weight is 339 g/mol. The highest BCUT2D eigenvalue weighted by Gasteiger charge is 2.22. The summed E-state index contributed by atoms with van der Waals surface area (Å²) in [5.74, 6) is -0.410. The number of piperidine rings is 1. The predicted octanol–water partition coefficient (Wildman–Crippen LogP) is 2.53. The van der Waals surface area contributed by atoms with Crippen LogP contribution in [0.4, 0.5) is 5.13 Å². The summed E-state index contributed by atoms with van der Waals surface area (Å²) in [5, 5.41) is 12.3. The highest BCUT2D eigenvalue weighted by Crippen LogP contribution is 2.23. The maximum atomic E-state index is 12.2. The van der Waals surface area contributed by atoms with E-state index in [1.807, 2.05) is 6.92 Å². The number of carbonyl (C=O) groups is 2. The molecule has 0 aliphatic carbocycles. The minimum absolute atomic E-state index is 0.0414. The van der Waals surface area contributed by atoms with Crippen LogP contribution < -0.4 is 5.32 Å². The van der Waals surface area contributed by atoms with Gasteiger partial charge in [-0.25, -0.2) is 4.98 Å². The van der Waals surface area contributed by atoms with Crippen LogP contribution in [0.1, 0.15) is 43.2 Å². The lowest BCUT2D eigenvalue weighted by atomic mass is 9.93. The van der Waals surface area contributed by atoms with Crippen LogP contribution in [0.15, 0.2) is 0 Å². The predicted molar refractivity (Wildman–Crippen MR) is 90.9 cm³/mol. The molecule has 1 unspecified atom stereocenters. The fraction of sp³-hybridized carbons (Fsp3) is 0.688. The maximum absolute atomic E-state index is 12.2. The standard InChI is InChI=1S/C16H25N3O3S/c1-3-13-11(2)23-16(17-13)18-14(20)10-19-8-4-5-12(9-19)6-7-15(21)22/h12H,3-10H2,1-2H3,(H,21,22)(H,17,18,20). The fourth-order valence-electron chi connectivity index (χ4n) is 3.03. The Morgan fingerprint density at radius 1 is 1.48 bits per heavy atom. The van der Waals surface area contributed by atoms with E-state index in [-0.39, 0.29) is 12.3 Å². The van der Waals surface area contributed by atoms with E-state index in [0.29, 0.717) is 24.0 Å². The molecule has 1 aromatic heterocycles. The summed E-state index contributed by atoms with van der Waals surface area (Å²) in [6, 6.07) is 0. The first-order valence-electron chi connectivity index (χ1n) is 8.18. The van der Waals surface area contributed by atoms with E-state index < -0.39 is 5.97 Å². The molecule has 1 aliphatic rings. The summed E-state index contributed by atoms with van der Waals surface area (Å²) in [7, 11) is 0. The number of thiazole rings is 1. The van der Waals surface area contributed by atoms with Crippen LogP contribution in [0.25, 0.3) is 0 Å². The van der Waals surface area contributed by atoms with Crippen molar-refractivity contribution in [2.24, 2.45) is 5.92 Å². The number of carboxylic acid groups (broad SMARTS) is 1. The Bertz CT molecular complexity index is 559. The quantitative estimate of drug-likeness (QED) is 0.798. The molecular formula is C16H25N3O3S. The Morgan fingerprint density at radius 3 is 2.91 bits per heavy atom. The molecule has 0 aromatic carbocycles. The number of nitrogens with one attached hydrogen (secondary N) is 1. The molecule has 0 saturated carbocycles. The third-order valence-corrected chi connectivity index (χ3v) is 5.14. The van der Waals surface area contributed by atoms with Gasteiger partial charge < -0.3 is 10.4 Å². The van der Waals surface area contributed by atoms with Crippen molar-refractivity contribution in [2.45, 2.75) is 46.0 Å². The summed E-state index contributed by atoms with van der Waals surface area (Å²) in [6.45, 7) is 6.12. The molecule has 2 rings (SSSR count). The van der Waals surface area contributed by atoms with E-state index in [2.05, 4.69) is 22.1 Å². The van der Waals surface area contributed by atoms with Crippen LogP contribution in [0.5, 0.6) is 0 Å². The van der Waals surface area contributed by atoms with E-state index in [1.165, 1.54) is 11.3 Å². The number of carbonyl (C=O) groups excluding carboxylic acids is 1. The van der Waals surface area contributed by atoms with Gasteiger partial charge in [0.2, 0.25) is 5.91 Å². The number of hydrogen-bond donors (Lipinski definition) is 2. The normalized spacial score (nSPS) is 18.8. The fourth-order valence-corrected chi connectivity index (χ4v) is 3.95. The van der Waals surface area contributed by atoms with Crippen LogP contribution in [0.3, 0.4) is 0 Å². The molecule has 1 aromatic rings. The molecule has 1 amide bonds. The molecule has 1 aliphatic heterocycles. The van der Waals surface area contributed by atoms with Gasteiger partial charge in [0, 0.05) is 17.8 Å². The Balaban J connectivity index is 1.80. The third kappa shape index (κ3) is 5.58. The molecule has 0 spiro atoms. The molecule has 6 nitrogen and oxygen atoms in total. The van der Waals surface area contributed by atoms with Gasteiger partial charge in [-0.2, -0.15) is 0 Å². The first kappa shape index (κ1) is 17.9. The molecule has 1 fully saturated rings. The number of likely N-dealkylation sites (tertiary alicyclic amines) is 1. The molecule has 7 heteroatoms. The van der Waals surface area contributed by atoms with Crippen molar-refractivity contribution < 1.29 is 14.7 Å². The van der Waals surface area contributed by atoms with Crippen LogP contribution in [0, 0.1) is 12.8 Å². The Labute approximate surface area is 140 Å². The largest absolute Gasteiger partial charge is 0.481 e. The van der Waals surface area contributed by atoms with Crippen molar-refractivity contribution >= 4 is 28.3 Å². The molecule has 1 atom stereocenters. The van der Waals surface area contributed by atoms with Crippen molar-refractivity contribution in [3.8, 4) is 0 Å². The summed E-state index contributed by atoms with van der Waals surface area (Å²) < 4.78 is 0. The molecule has 0 bridgehead atoms. The summed E-state index contributed by atoms with van der Waals surface area (Å²) in [6.07, 6.45) is 3.85. The van der Waals surface area contributed by atoms with Gasteiger partial charge in [0.05, 0.1) is 12.2 Å². The first-order valence-corrected chi connectivity index (χ1v) is 9.00. The Kier molecular flexibility index (Phi) is 6.53. The number of aliphatic carboxylic acids is 1. The van der Waals surface area contributed by atoms with E-state index in [0.717, 1.165) is 42.9 Å². The molecule has 1 saturated heterocycles. The third-order valence-electron chi connectivity index (χ3n) is 4.21. The van der Waals surface area contributed by atoms with E-state index in [9.17, 15) is 9.59 Å². The average Bonchev–Trinajstić information content (AvgIpc) is 2.85. The van der Waals surface area contributed by atoms with E-state index >= 15 is 0 Å². The van der Waals surface area contributed by atoms with Crippen molar-refractivity contribution in [2.75, 3.05) is 25.0 Å². The van der Waals surface area contributed by atoms with Crippen LogP contribution >= 0.6 is 11.3 Å². The second kappa shape index (κ2) is 8.40. The van der Waals surface area contributed by atoms with Gasteiger partial charge >= 0.3 is 5.97 Å². The van der Waals surface area contributed by atoms with Crippen LogP contribution in [0.2, 0.25) is 0 Å². The zero-order valence-corrected chi connectivity index (χ0v) is 14.6. The molecule has 2 N–H and O–H groups in total. The van der Waals surface area contributed by atoms with E-state index in [4.69, 9.17) is 5.11 Å². The molecule has 23 heavy (non-hydrogen) atoms. The summed E-state index contributed by atoms with van der Waals surface area (Å²) in [5.41, 5.74) is 1.04. The highest BCUT2D eigenvalue weighted by atomic mass is 32.1. The minimum Gasteiger partial charge on any atom is -0.481 e. The lowest BCUT2D eigenvalue weighted by Gasteiger charge is -2.31. The monoisotopic (exact) mass is 339 g/mol. The summed E-state index contributed by atoms with van der Waals surface area (Å²) >= 11 is 1.51. The van der Waals surface area contributed by atoms with E-state index in [1.54, 1.807) is 0 Å². The van der Waals surface area contributed by atoms with Gasteiger partial charge in [0.15, 0.2) is 5.13 Å². The topological polar surface area (TPSA) is 82.5 Å². The first-order chi connectivity index (χ1) is 11.0. The van der Waals surface area contributed by atoms with Crippen molar-refractivity contribution in [3.63, 3.8) is 0 Å². The number of carboxylic acids is 1. The second-order valence-corrected chi connectivity index (χ2v) is 7.30. The zero-order valence-electron chi connectivity index (χ0n) is 13.8. The van der Waals surface area contributed by atoms with Crippen molar-refractivity contribution in [1.82, 2.24) is 9.88 Å². The number of amides is 1. The lowest BCUT2D eigenvalue weighted by Crippen LogP contribution is -2.40. The summed E-state index contributed by atoms with van der Waals surface area (Å²) in [4.78, 5) is 30.6. The number of anilines is 1. The van der Waals surface area contributed by atoms with Gasteiger partial charge in [-0.15, -0.1) is 11.3 Å². The maximum Gasteiger partial charge on any atom is 0.303 e. The number of aryl methyl sites for hydroxylation is 2. The smallest absolute Gasteiger partial charge is 0.303 e. The number of aromatic nitrogens is 1. The van der Waals surface area contributed by atoms with Gasteiger partial charge in [-0.1, -0.05) is 6.92 Å². The Morgan fingerprint density at radius 2 is 2.26 bits per heavy atom. The highest BCUT2D eigenvalue weighted by molar-refractivity contribution is 7.15. The number of nitrogens with zero attached hydrogens (tertiary/aromatic N) is 2. The lowest BCUT2D eigenvalue weighted by molar-refractivity contribution is -0.137. The van der Waals surface area contributed by atoms with Crippen LogP contribution in [-0.4, -0.2) is 46.5 Å². The SMILES string of the molecule is CCc1nc(NC(=O)CN2CCCC(CCC(=O)O)C2)sc1C. The van der Waals surface area contributed by atoms with Crippen LogP contribution in [-0.2, 0) is 16.0 Å². The van der Waals surface area contributed by atoms with Gasteiger partial charge in [-0.05, 0) is 45.1 Å². The number of hydrogen-bond acceptors (Lipinski definition) is 5. The number of rotatable bonds is 7. The minimum atomic E-state index is -0.745. The molecule has 128 valence electrons. The molecule has 0 radical (unpaired) electrons. The van der Waals surface area contributed by atoms with Crippen molar-refractivity contribution in [3.05, 3.63) is 10.6 Å². The van der Waals surface area contributed by atoms with Gasteiger partial charge in [0.1, 0.15) is 0 Å².